The van der Waals surface area contributed by atoms with Crippen molar-refractivity contribution in [2.45, 2.75) is 37.6 Å². The number of nitrogens with one attached hydrogen (secondary N) is 1. The molecular weight excluding hydrogens is 594 g/mol. The van der Waals surface area contributed by atoms with Crippen LogP contribution >= 0.6 is 11.6 Å². The van der Waals surface area contributed by atoms with Crippen molar-refractivity contribution >= 4 is 39.1 Å². The maximum absolute atomic E-state index is 14.2. The summed E-state index contributed by atoms with van der Waals surface area (Å²) in [6.45, 7) is 3.55. The second-order valence-electron chi connectivity index (χ2n) is 9.63. The Kier molecular flexibility index (Phi) is 12.1. The summed E-state index contributed by atoms with van der Waals surface area (Å²) < 4.78 is 45.5. The predicted octanol–water partition coefficient (Wildman–Crippen LogP) is 4.55. The summed E-state index contributed by atoms with van der Waals surface area (Å²) in [6, 6.07) is 17.3. The van der Waals surface area contributed by atoms with E-state index in [9.17, 15) is 18.0 Å². The van der Waals surface area contributed by atoms with E-state index >= 15 is 0 Å². The Bertz CT molecular complexity index is 1500. The number of amides is 2. The van der Waals surface area contributed by atoms with Gasteiger partial charge >= 0.3 is 0 Å². The van der Waals surface area contributed by atoms with Gasteiger partial charge in [0, 0.05) is 24.2 Å². The van der Waals surface area contributed by atoms with Gasteiger partial charge in [-0.2, -0.15) is 0 Å². The standard InChI is InChI=1S/C31H38ClN3O7S/c1-6-17-33-31(37)22(2)34(18-16-23-10-8-7-9-11-23)30(36)21-35(26-19-24(32)12-14-27(26)40-3)43(38,39)25-13-15-28(41-4)29(20-25)42-5/h7-15,19-20,22H,6,16-18,21H2,1-5H3,(H,33,37)/t22-/m0/s1. The van der Waals surface area contributed by atoms with E-state index in [1.165, 1.54) is 56.6 Å². The van der Waals surface area contributed by atoms with E-state index in [1.54, 1.807) is 13.0 Å². The molecule has 0 aromatic heterocycles. The Hall–Kier alpha value is -3.96. The van der Waals surface area contributed by atoms with E-state index in [0.29, 0.717) is 18.7 Å². The van der Waals surface area contributed by atoms with Gasteiger partial charge in [0.15, 0.2) is 11.5 Å². The van der Waals surface area contributed by atoms with E-state index in [-0.39, 0.29) is 39.6 Å². The highest BCUT2D eigenvalue weighted by molar-refractivity contribution is 7.92. The van der Waals surface area contributed by atoms with Gasteiger partial charge in [-0.1, -0.05) is 48.9 Å². The summed E-state index contributed by atoms with van der Waals surface area (Å²) in [5.74, 6) is -0.202. The topological polar surface area (TPSA) is 114 Å². The molecule has 232 valence electrons. The van der Waals surface area contributed by atoms with Crippen LogP contribution in [0, 0.1) is 0 Å². The number of anilines is 1. The lowest BCUT2D eigenvalue weighted by atomic mass is 10.1. The van der Waals surface area contributed by atoms with Crippen molar-refractivity contribution in [3.63, 3.8) is 0 Å². The summed E-state index contributed by atoms with van der Waals surface area (Å²) >= 11 is 6.30. The smallest absolute Gasteiger partial charge is 0.265 e. The van der Waals surface area contributed by atoms with Crippen LogP contribution in [0.15, 0.2) is 71.6 Å². The van der Waals surface area contributed by atoms with Gasteiger partial charge in [-0.15, -0.1) is 0 Å². The zero-order valence-corrected chi connectivity index (χ0v) is 26.6. The number of methoxy groups -OCH3 is 3. The van der Waals surface area contributed by atoms with Gasteiger partial charge in [0.2, 0.25) is 11.8 Å². The molecular formula is C31H38ClN3O7S. The fourth-order valence-corrected chi connectivity index (χ4v) is 6.04. The van der Waals surface area contributed by atoms with Gasteiger partial charge in [-0.05, 0) is 55.7 Å². The molecule has 12 heteroatoms. The second kappa shape index (κ2) is 15.5. The summed E-state index contributed by atoms with van der Waals surface area (Å²) in [6.07, 6.45) is 1.18. The van der Waals surface area contributed by atoms with Gasteiger partial charge < -0.3 is 24.4 Å². The molecule has 0 unspecified atom stereocenters. The number of hydrogen-bond acceptors (Lipinski definition) is 7. The van der Waals surface area contributed by atoms with E-state index < -0.39 is 28.5 Å². The number of carbonyl (C=O) groups excluding carboxylic acids is 2. The van der Waals surface area contributed by atoms with E-state index in [0.717, 1.165) is 16.3 Å². The third kappa shape index (κ3) is 8.32. The fourth-order valence-electron chi connectivity index (χ4n) is 4.44. The molecule has 0 bridgehead atoms. The maximum atomic E-state index is 14.2. The minimum atomic E-state index is -4.41. The summed E-state index contributed by atoms with van der Waals surface area (Å²) in [5.41, 5.74) is 1.03. The summed E-state index contributed by atoms with van der Waals surface area (Å²) in [7, 11) is -0.181. The molecule has 3 rings (SSSR count). The molecule has 1 atom stereocenters. The molecule has 1 N–H and O–H groups in total. The molecule has 2 amide bonds. The first kappa shape index (κ1) is 33.5. The van der Waals surface area contributed by atoms with E-state index in [4.69, 9.17) is 25.8 Å². The Morgan fingerprint density at radius 2 is 1.56 bits per heavy atom. The van der Waals surface area contributed by atoms with Crippen LogP contribution in [0.1, 0.15) is 25.8 Å². The molecule has 3 aromatic rings. The van der Waals surface area contributed by atoms with Crippen molar-refractivity contribution in [2.75, 3.05) is 45.3 Å². The van der Waals surface area contributed by atoms with Crippen molar-refractivity contribution in [1.29, 1.82) is 0 Å². The molecule has 0 saturated carbocycles. The molecule has 3 aromatic carbocycles. The van der Waals surface area contributed by atoms with Crippen molar-refractivity contribution in [1.82, 2.24) is 10.2 Å². The Labute approximate surface area is 258 Å². The summed E-state index contributed by atoms with van der Waals surface area (Å²) in [4.78, 5) is 28.3. The van der Waals surface area contributed by atoms with Crippen molar-refractivity contribution < 1.29 is 32.2 Å². The second-order valence-corrected chi connectivity index (χ2v) is 11.9. The van der Waals surface area contributed by atoms with Crippen LogP contribution in [0.25, 0.3) is 0 Å². The zero-order valence-electron chi connectivity index (χ0n) is 25.0. The van der Waals surface area contributed by atoms with Crippen LogP contribution in [0.4, 0.5) is 5.69 Å². The van der Waals surface area contributed by atoms with Gasteiger partial charge in [0.1, 0.15) is 18.3 Å². The third-order valence-corrected chi connectivity index (χ3v) is 8.82. The number of rotatable bonds is 15. The summed E-state index contributed by atoms with van der Waals surface area (Å²) in [5, 5.41) is 3.07. The molecule has 0 spiro atoms. The van der Waals surface area contributed by atoms with Crippen molar-refractivity contribution in [3.05, 3.63) is 77.3 Å². The first-order valence-corrected chi connectivity index (χ1v) is 15.6. The first-order valence-electron chi connectivity index (χ1n) is 13.8. The van der Waals surface area contributed by atoms with Crippen LogP contribution in [0.3, 0.4) is 0 Å². The molecule has 0 aliphatic rings. The molecule has 0 saturated heterocycles. The number of benzene rings is 3. The minimum absolute atomic E-state index is 0.0595. The van der Waals surface area contributed by atoms with Crippen LogP contribution in [-0.2, 0) is 26.0 Å². The number of nitrogens with zero attached hydrogens (tertiary/aromatic N) is 2. The molecule has 0 radical (unpaired) electrons. The quantitative estimate of drug-likeness (QED) is 0.262. The van der Waals surface area contributed by atoms with Crippen LogP contribution in [-0.4, -0.2) is 72.1 Å². The minimum Gasteiger partial charge on any atom is -0.495 e. The van der Waals surface area contributed by atoms with E-state index in [1.807, 2.05) is 37.3 Å². The lowest BCUT2D eigenvalue weighted by molar-refractivity contribution is -0.138. The zero-order chi connectivity index (χ0) is 31.6. The number of sulfonamides is 1. The largest absolute Gasteiger partial charge is 0.495 e. The lowest BCUT2D eigenvalue weighted by Gasteiger charge is -2.32. The maximum Gasteiger partial charge on any atom is 0.265 e. The van der Waals surface area contributed by atoms with Gasteiger partial charge in [0.05, 0.1) is 31.9 Å². The van der Waals surface area contributed by atoms with Gasteiger partial charge in [0.25, 0.3) is 10.0 Å². The number of carbonyl (C=O) groups is 2. The molecule has 0 aliphatic carbocycles. The molecule has 0 aliphatic heterocycles. The highest BCUT2D eigenvalue weighted by Crippen LogP contribution is 2.37. The number of halogens is 1. The molecule has 0 heterocycles. The number of ether oxygens (including phenoxy) is 3. The predicted molar refractivity (Wildman–Crippen MR) is 167 cm³/mol. The fraction of sp³-hybridized carbons (Fsp3) is 0.355. The Balaban J connectivity index is 2.09. The van der Waals surface area contributed by atoms with Crippen LogP contribution < -0.4 is 23.8 Å². The van der Waals surface area contributed by atoms with E-state index in [2.05, 4.69) is 5.32 Å². The average Bonchev–Trinajstić information content (AvgIpc) is 3.02. The average molecular weight is 632 g/mol. The van der Waals surface area contributed by atoms with Gasteiger partial charge in [-0.25, -0.2) is 8.42 Å². The Morgan fingerprint density at radius 3 is 2.19 bits per heavy atom. The molecule has 0 fully saturated rings. The first-order chi connectivity index (χ1) is 20.6. The lowest BCUT2D eigenvalue weighted by Crippen LogP contribution is -2.52. The number of hydrogen-bond donors (Lipinski definition) is 1. The Morgan fingerprint density at radius 1 is 0.907 bits per heavy atom. The molecule has 43 heavy (non-hydrogen) atoms. The SMILES string of the molecule is CCCNC(=O)[C@H](C)N(CCc1ccccc1)C(=O)CN(c1cc(Cl)ccc1OC)S(=O)(=O)c1ccc(OC)c(OC)c1. The van der Waals surface area contributed by atoms with Crippen molar-refractivity contribution in [3.8, 4) is 17.2 Å². The third-order valence-electron chi connectivity index (χ3n) is 6.83. The highest BCUT2D eigenvalue weighted by atomic mass is 35.5. The monoisotopic (exact) mass is 631 g/mol. The highest BCUT2D eigenvalue weighted by Gasteiger charge is 2.34. The van der Waals surface area contributed by atoms with Crippen LogP contribution in [0.5, 0.6) is 17.2 Å². The molecule has 10 nitrogen and oxygen atoms in total. The van der Waals surface area contributed by atoms with Gasteiger partial charge in [-0.3, -0.25) is 13.9 Å². The van der Waals surface area contributed by atoms with Crippen LogP contribution in [0.2, 0.25) is 5.02 Å². The normalized spacial score (nSPS) is 11.8. The van der Waals surface area contributed by atoms with Crippen molar-refractivity contribution in [2.24, 2.45) is 0 Å².